The van der Waals surface area contributed by atoms with Crippen LogP contribution in [0, 0.1) is 0 Å². The van der Waals surface area contributed by atoms with Crippen molar-refractivity contribution >= 4 is 35.8 Å². The number of rotatable bonds is 8. The summed E-state index contributed by atoms with van der Waals surface area (Å²) in [5.41, 5.74) is 7.16. The molecule has 1 atom stereocenters. The molecule has 6 nitrogen and oxygen atoms in total. The highest BCUT2D eigenvalue weighted by Crippen LogP contribution is 2.19. The molecule has 0 radical (unpaired) electrons. The van der Waals surface area contributed by atoms with Crippen LogP contribution in [0.4, 0.5) is 5.69 Å². The SMILES string of the molecule is CCCCSC(C)C(=O)Nc1ccc(-c2n[nH]c(CN)n2)cc1.Cl. The number of aromatic nitrogens is 3. The van der Waals surface area contributed by atoms with Crippen molar-refractivity contribution in [3.63, 3.8) is 0 Å². The molecule has 0 aliphatic carbocycles. The standard InChI is InChI=1S/C16H23N5OS.ClH/c1-3-4-9-23-11(2)16(22)18-13-7-5-12(6-8-13)15-19-14(10-17)20-21-15;/h5-8,11H,3-4,9-10,17H2,1-2H3,(H,18,22)(H,19,20,21);1H. The highest BCUT2D eigenvalue weighted by atomic mass is 35.5. The summed E-state index contributed by atoms with van der Waals surface area (Å²) in [4.78, 5) is 16.4. The molecule has 0 aliphatic rings. The summed E-state index contributed by atoms with van der Waals surface area (Å²) < 4.78 is 0. The Morgan fingerprint density at radius 2 is 2.08 bits per heavy atom. The number of carbonyl (C=O) groups is 1. The van der Waals surface area contributed by atoms with Crippen LogP contribution < -0.4 is 11.1 Å². The highest BCUT2D eigenvalue weighted by Gasteiger charge is 2.13. The Morgan fingerprint density at radius 1 is 1.38 bits per heavy atom. The van der Waals surface area contributed by atoms with E-state index >= 15 is 0 Å². The molecule has 0 bridgehead atoms. The van der Waals surface area contributed by atoms with Crippen molar-refractivity contribution < 1.29 is 4.79 Å². The van der Waals surface area contributed by atoms with Crippen molar-refractivity contribution in [1.29, 1.82) is 0 Å². The van der Waals surface area contributed by atoms with Gasteiger partial charge in [-0.15, -0.1) is 24.2 Å². The van der Waals surface area contributed by atoms with Crippen LogP contribution in [0.5, 0.6) is 0 Å². The molecule has 1 aromatic carbocycles. The van der Waals surface area contributed by atoms with Crippen LogP contribution in [0.15, 0.2) is 24.3 Å². The van der Waals surface area contributed by atoms with Gasteiger partial charge in [-0.3, -0.25) is 9.89 Å². The number of H-pyrrole nitrogens is 1. The molecule has 2 rings (SSSR count). The number of nitrogens with one attached hydrogen (secondary N) is 2. The van der Waals surface area contributed by atoms with Crippen LogP contribution in [0.25, 0.3) is 11.4 Å². The quantitative estimate of drug-likeness (QED) is 0.621. The maximum atomic E-state index is 12.1. The van der Waals surface area contributed by atoms with Crippen LogP contribution in [-0.4, -0.2) is 32.1 Å². The van der Waals surface area contributed by atoms with Crippen molar-refractivity contribution in [1.82, 2.24) is 15.2 Å². The van der Waals surface area contributed by atoms with Crippen molar-refractivity contribution in [2.75, 3.05) is 11.1 Å². The highest BCUT2D eigenvalue weighted by molar-refractivity contribution is 8.00. The molecular weight excluding hydrogens is 346 g/mol. The van der Waals surface area contributed by atoms with E-state index in [9.17, 15) is 4.79 Å². The van der Waals surface area contributed by atoms with Crippen molar-refractivity contribution in [2.45, 2.75) is 38.5 Å². The average molecular weight is 370 g/mol. The molecule has 1 aromatic heterocycles. The zero-order chi connectivity index (χ0) is 16.7. The molecule has 2 aromatic rings. The Hall–Kier alpha value is -1.57. The Bertz CT molecular complexity index is 632. The molecule has 8 heteroatoms. The van der Waals surface area contributed by atoms with E-state index in [0.29, 0.717) is 18.2 Å². The molecule has 1 unspecified atom stereocenters. The normalized spacial score (nSPS) is 11.6. The summed E-state index contributed by atoms with van der Waals surface area (Å²) in [5.74, 6) is 2.29. The van der Waals surface area contributed by atoms with E-state index in [1.807, 2.05) is 31.2 Å². The lowest BCUT2D eigenvalue weighted by Gasteiger charge is -2.12. The molecule has 0 fully saturated rings. The fourth-order valence-electron chi connectivity index (χ4n) is 1.94. The first-order chi connectivity index (χ1) is 11.1. The lowest BCUT2D eigenvalue weighted by Crippen LogP contribution is -2.22. The first-order valence-electron chi connectivity index (χ1n) is 7.78. The van der Waals surface area contributed by atoms with Gasteiger partial charge in [-0.05, 0) is 43.4 Å². The Labute approximate surface area is 152 Å². The summed E-state index contributed by atoms with van der Waals surface area (Å²) in [5, 5.41) is 9.77. The van der Waals surface area contributed by atoms with Gasteiger partial charge in [0.2, 0.25) is 5.91 Å². The van der Waals surface area contributed by atoms with E-state index in [1.165, 1.54) is 0 Å². The zero-order valence-corrected chi connectivity index (χ0v) is 15.5. The third-order valence-corrected chi connectivity index (χ3v) is 4.61. The number of unbranched alkanes of at least 4 members (excludes halogenated alkanes) is 1. The van der Waals surface area contributed by atoms with Gasteiger partial charge in [-0.25, -0.2) is 4.98 Å². The molecule has 1 heterocycles. The number of hydrogen-bond acceptors (Lipinski definition) is 5. The van der Waals surface area contributed by atoms with Gasteiger partial charge in [0.05, 0.1) is 11.8 Å². The molecule has 132 valence electrons. The average Bonchev–Trinajstić information content (AvgIpc) is 3.04. The van der Waals surface area contributed by atoms with Gasteiger partial charge in [0.1, 0.15) is 5.82 Å². The second-order valence-electron chi connectivity index (χ2n) is 5.24. The minimum Gasteiger partial charge on any atom is -0.325 e. The first-order valence-corrected chi connectivity index (χ1v) is 8.83. The number of nitrogens with zero attached hydrogens (tertiary/aromatic N) is 2. The van der Waals surface area contributed by atoms with E-state index in [1.54, 1.807) is 11.8 Å². The molecule has 24 heavy (non-hydrogen) atoms. The summed E-state index contributed by atoms with van der Waals surface area (Å²) in [6, 6.07) is 7.48. The molecular formula is C16H24ClN5OS. The minimum absolute atomic E-state index is 0. The van der Waals surface area contributed by atoms with Crippen LogP contribution in [0.3, 0.4) is 0 Å². The monoisotopic (exact) mass is 369 g/mol. The number of benzene rings is 1. The van der Waals surface area contributed by atoms with Gasteiger partial charge >= 0.3 is 0 Å². The second-order valence-corrected chi connectivity index (χ2v) is 6.69. The number of amides is 1. The molecule has 0 aliphatic heterocycles. The lowest BCUT2D eigenvalue weighted by atomic mass is 10.2. The molecule has 4 N–H and O–H groups in total. The van der Waals surface area contributed by atoms with E-state index in [4.69, 9.17) is 5.73 Å². The van der Waals surface area contributed by atoms with Gasteiger partial charge in [-0.1, -0.05) is 13.3 Å². The van der Waals surface area contributed by atoms with E-state index in [-0.39, 0.29) is 23.6 Å². The van der Waals surface area contributed by atoms with Crippen molar-refractivity contribution in [3.8, 4) is 11.4 Å². The van der Waals surface area contributed by atoms with Crippen molar-refractivity contribution in [3.05, 3.63) is 30.1 Å². The van der Waals surface area contributed by atoms with Crippen LogP contribution in [-0.2, 0) is 11.3 Å². The fraction of sp³-hybridized carbons (Fsp3) is 0.438. The summed E-state index contributed by atoms with van der Waals surface area (Å²) in [6.45, 7) is 4.41. The largest absolute Gasteiger partial charge is 0.325 e. The van der Waals surface area contributed by atoms with Gasteiger partial charge in [0.25, 0.3) is 0 Å². The van der Waals surface area contributed by atoms with Crippen LogP contribution >= 0.6 is 24.2 Å². The van der Waals surface area contributed by atoms with Crippen LogP contribution in [0.1, 0.15) is 32.5 Å². The number of nitrogens with two attached hydrogens (primary N) is 1. The fourth-order valence-corrected chi connectivity index (χ4v) is 2.96. The van der Waals surface area contributed by atoms with Crippen molar-refractivity contribution in [2.24, 2.45) is 5.73 Å². The molecule has 0 saturated carbocycles. The van der Waals surface area contributed by atoms with Gasteiger partial charge in [0.15, 0.2) is 5.82 Å². The lowest BCUT2D eigenvalue weighted by molar-refractivity contribution is -0.115. The summed E-state index contributed by atoms with van der Waals surface area (Å²) in [7, 11) is 0. The Kier molecular flexibility index (Phi) is 8.81. The topological polar surface area (TPSA) is 96.7 Å². The number of thioether (sulfide) groups is 1. The number of hydrogen-bond donors (Lipinski definition) is 3. The molecule has 0 saturated heterocycles. The third kappa shape index (κ3) is 5.81. The predicted octanol–water partition coefficient (Wildman–Crippen LogP) is 3.21. The van der Waals surface area contributed by atoms with Crippen LogP contribution in [0.2, 0.25) is 0 Å². The summed E-state index contributed by atoms with van der Waals surface area (Å²) >= 11 is 1.69. The smallest absolute Gasteiger partial charge is 0.237 e. The summed E-state index contributed by atoms with van der Waals surface area (Å²) in [6.07, 6.45) is 2.29. The second kappa shape index (κ2) is 10.3. The Balaban J connectivity index is 0.00000288. The van der Waals surface area contributed by atoms with E-state index in [0.717, 1.165) is 29.8 Å². The van der Waals surface area contributed by atoms with Gasteiger partial charge < -0.3 is 11.1 Å². The predicted molar refractivity (Wildman–Crippen MR) is 102 cm³/mol. The van der Waals surface area contributed by atoms with E-state index < -0.39 is 0 Å². The first kappa shape index (κ1) is 20.5. The Morgan fingerprint density at radius 3 is 2.67 bits per heavy atom. The number of halogens is 1. The third-order valence-electron chi connectivity index (χ3n) is 3.37. The maximum absolute atomic E-state index is 12.1. The number of anilines is 1. The zero-order valence-electron chi connectivity index (χ0n) is 13.9. The number of carbonyl (C=O) groups excluding carboxylic acids is 1. The minimum atomic E-state index is -0.0543. The molecule has 1 amide bonds. The van der Waals surface area contributed by atoms with E-state index in [2.05, 4.69) is 27.4 Å². The number of aromatic amines is 1. The van der Waals surface area contributed by atoms with Gasteiger partial charge in [0, 0.05) is 11.3 Å². The van der Waals surface area contributed by atoms with Gasteiger partial charge in [-0.2, -0.15) is 5.10 Å². The molecule has 0 spiro atoms. The maximum Gasteiger partial charge on any atom is 0.237 e.